The molecule has 0 radical (unpaired) electrons. The highest BCUT2D eigenvalue weighted by Gasteiger charge is 2.06. The summed E-state index contributed by atoms with van der Waals surface area (Å²) >= 11 is 0. The summed E-state index contributed by atoms with van der Waals surface area (Å²) in [5.74, 6) is 0.610. The number of nitrogens with one attached hydrogen (secondary N) is 2. The van der Waals surface area contributed by atoms with Gasteiger partial charge in [0, 0.05) is 30.7 Å². The van der Waals surface area contributed by atoms with E-state index in [1.54, 1.807) is 30.7 Å². The first kappa shape index (κ1) is 14.8. The van der Waals surface area contributed by atoms with E-state index in [0.717, 1.165) is 17.9 Å². The van der Waals surface area contributed by atoms with Crippen LogP contribution in [0.3, 0.4) is 0 Å². The molecular formula is C18H17N3O2. The molecule has 0 bridgehead atoms. The molecule has 3 aromatic rings. The summed E-state index contributed by atoms with van der Waals surface area (Å²) in [6.07, 6.45) is 6.09. The molecule has 0 aliphatic carbocycles. The molecule has 0 unspecified atom stereocenters. The zero-order chi connectivity index (χ0) is 15.9. The highest BCUT2D eigenvalue weighted by atomic mass is 16.5. The first-order valence-corrected chi connectivity index (χ1v) is 7.38. The molecule has 3 rings (SSSR count). The van der Waals surface area contributed by atoms with Gasteiger partial charge in [-0.3, -0.25) is 9.78 Å². The Bertz CT molecular complexity index is 738. The highest BCUT2D eigenvalue weighted by Crippen LogP contribution is 2.16. The monoisotopic (exact) mass is 307 g/mol. The summed E-state index contributed by atoms with van der Waals surface area (Å²) in [5, 5.41) is 2.82. The second kappa shape index (κ2) is 7.26. The van der Waals surface area contributed by atoms with Gasteiger partial charge in [-0.05, 0) is 54.1 Å². The summed E-state index contributed by atoms with van der Waals surface area (Å²) < 4.78 is 5.70. The maximum absolute atomic E-state index is 11.9. The van der Waals surface area contributed by atoms with Gasteiger partial charge < -0.3 is 15.0 Å². The van der Waals surface area contributed by atoms with Crippen molar-refractivity contribution in [2.75, 3.05) is 11.9 Å². The molecule has 0 fully saturated rings. The Morgan fingerprint density at radius 1 is 1.09 bits per heavy atom. The number of anilines is 1. The van der Waals surface area contributed by atoms with Crippen LogP contribution in [0.4, 0.5) is 5.69 Å². The van der Waals surface area contributed by atoms with Gasteiger partial charge in [0.05, 0.1) is 6.61 Å². The molecule has 23 heavy (non-hydrogen) atoms. The molecule has 2 aromatic heterocycles. The van der Waals surface area contributed by atoms with Gasteiger partial charge >= 0.3 is 0 Å². The van der Waals surface area contributed by atoms with Crippen LogP contribution in [0.1, 0.15) is 16.1 Å². The number of carbonyl (C=O) groups is 1. The summed E-state index contributed by atoms with van der Waals surface area (Å²) in [5.41, 5.74) is 2.45. The molecule has 2 heterocycles. The topological polar surface area (TPSA) is 67.0 Å². The van der Waals surface area contributed by atoms with Crippen molar-refractivity contribution in [3.8, 4) is 5.75 Å². The molecule has 0 atom stereocenters. The summed E-state index contributed by atoms with van der Waals surface area (Å²) in [6, 6.07) is 14.8. The van der Waals surface area contributed by atoms with Gasteiger partial charge in [0.25, 0.3) is 5.91 Å². The van der Waals surface area contributed by atoms with Crippen molar-refractivity contribution in [3.05, 3.63) is 78.4 Å². The average molecular weight is 307 g/mol. The van der Waals surface area contributed by atoms with Crippen LogP contribution in [-0.2, 0) is 6.42 Å². The quantitative estimate of drug-likeness (QED) is 0.734. The molecule has 0 aliphatic heterocycles. The van der Waals surface area contributed by atoms with Gasteiger partial charge in [0.15, 0.2) is 0 Å². The fraction of sp³-hybridized carbons (Fsp3) is 0.111. The fourth-order valence-electron chi connectivity index (χ4n) is 2.14. The van der Waals surface area contributed by atoms with E-state index in [4.69, 9.17) is 4.74 Å². The minimum Gasteiger partial charge on any atom is -0.493 e. The molecule has 116 valence electrons. The van der Waals surface area contributed by atoms with Crippen molar-refractivity contribution >= 4 is 11.6 Å². The zero-order valence-electron chi connectivity index (χ0n) is 12.5. The second-order valence-electron chi connectivity index (χ2n) is 5.02. The Hall–Kier alpha value is -3.08. The Morgan fingerprint density at radius 3 is 2.57 bits per heavy atom. The number of carbonyl (C=O) groups excluding carboxylic acids is 1. The third-order valence-electron chi connectivity index (χ3n) is 3.36. The van der Waals surface area contributed by atoms with Gasteiger partial charge in [-0.2, -0.15) is 0 Å². The van der Waals surface area contributed by atoms with Crippen LogP contribution in [0, 0.1) is 0 Å². The third kappa shape index (κ3) is 4.20. The molecule has 1 aromatic carbocycles. The number of aromatic nitrogens is 2. The lowest BCUT2D eigenvalue weighted by Gasteiger charge is -2.08. The Labute approximate surface area is 134 Å². The second-order valence-corrected chi connectivity index (χ2v) is 5.02. The smallest absolute Gasteiger partial charge is 0.272 e. The van der Waals surface area contributed by atoms with Gasteiger partial charge in [-0.1, -0.05) is 0 Å². The van der Waals surface area contributed by atoms with E-state index in [1.807, 2.05) is 36.4 Å². The standard InChI is InChI=1S/C18H17N3O2/c22-18(17-2-1-10-20-17)21-15-3-5-16(6-4-15)23-13-9-14-7-11-19-12-8-14/h1-8,10-12,20H,9,13H2,(H,21,22). The predicted molar refractivity (Wildman–Crippen MR) is 88.6 cm³/mol. The Morgan fingerprint density at radius 2 is 1.87 bits per heavy atom. The van der Waals surface area contributed by atoms with Gasteiger partial charge in [0.1, 0.15) is 11.4 Å². The predicted octanol–water partition coefficient (Wildman–Crippen LogP) is 3.28. The normalized spacial score (nSPS) is 10.3. The Balaban J connectivity index is 1.50. The van der Waals surface area contributed by atoms with Crippen LogP contribution in [0.25, 0.3) is 0 Å². The van der Waals surface area contributed by atoms with Gasteiger partial charge in [-0.15, -0.1) is 0 Å². The van der Waals surface area contributed by atoms with Crippen LogP contribution in [-0.4, -0.2) is 22.5 Å². The largest absolute Gasteiger partial charge is 0.493 e. The molecule has 1 amide bonds. The summed E-state index contributed by atoms with van der Waals surface area (Å²) in [7, 11) is 0. The maximum Gasteiger partial charge on any atom is 0.272 e. The number of nitrogens with zero attached hydrogens (tertiary/aromatic N) is 1. The van der Waals surface area contributed by atoms with Gasteiger partial charge in [-0.25, -0.2) is 0 Å². The van der Waals surface area contributed by atoms with Crippen LogP contribution < -0.4 is 10.1 Å². The lowest BCUT2D eigenvalue weighted by molar-refractivity contribution is 0.102. The molecule has 0 saturated heterocycles. The number of H-pyrrole nitrogens is 1. The van der Waals surface area contributed by atoms with E-state index < -0.39 is 0 Å². The lowest BCUT2D eigenvalue weighted by atomic mass is 10.2. The first-order valence-electron chi connectivity index (χ1n) is 7.38. The number of ether oxygens (including phenoxy) is 1. The molecule has 5 nitrogen and oxygen atoms in total. The summed E-state index contributed by atoms with van der Waals surface area (Å²) in [4.78, 5) is 18.8. The third-order valence-corrected chi connectivity index (χ3v) is 3.36. The number of benzene rings is 1. The Kier molecular flexibility index (Phi) is 4.69. The van der Waals surface area contributed by atoms with E-state index in [0.29, 0.717) is 12.3 Å². The zero-order valence-corrected chi connectivity index (χ0v) is 12.5. The van der Waals surface area contributed by atoms with Crippen molar-refractivity contribution in [2.45, 2.75) is 6.42 Å². The van der Waals surface area contributed by atoms with E-state index in [2.05, 4.69) is 15.3 Å². The molecular weight excluding hydrogens is 290 g/mol. The molecule has 0 saturated carbocycles. The van der Waals surface area contributed by atoms with Crippen molar-refractivity contribution < 1.29 is 9.53 Å². The number of hydrogen-bond donors (Lipinski definition) is 2. The van der Waals surface area contributed by atoms with Crippen LogP contribution in [0.2, 0.25) is 0 Å². The molecule has 0 spiro atoms. The van der Waals surface area contributed by atoms with Crippen molar-refractivity contribution in [1.29, 1.82) is 0 Å². The number of pyridine rings is 1. The molecule has 5 heteroatoms. The highest BCUT2D eigenvalue weighted by molar-refractivity contribution is 6.02. The van der Waals surface area contributed by atoms with E-state index >= 15 is 0 Å². The molecule has 2 N–H and O–H groups in total. The van der Waals surface area contributed by atoms with Crippen molar-refractivity contribution in [3.63, 3.8) is 0 Å². The van der Waals surface area contributed by atoms with Crippen molar-refractivity contribution in [1.82, 2.24) is 9.97 Å². The first-order chi connectivity index (χ1) is 11.3. The SMILES string of the molecule is O=C(Nc1ccc(OCCc2ccncc2)cc1)c1ccc[nH]1. The number of aromatic amines is 1. The number of rotatable bonds is 6. The summed E-state index contributed by atoms with van der Waals surface area (Å²) in [6.45, 7) is 0.595. The van der Waals surface area contributed by atoms with Crippen LogP contribution in [0.15, 0.2) is 67.1 Å². The minimum absolute atomic E-state index is 0.165. The van der Waals surface area contributed by atoms with Crippen molar-refractivity contribution in [2.24, 2.45) is 0 Å². The van der Waals surface area contributed by atoms with Crippen LogP contribution in [0.5, 0.6) is 5.75 Å². The average Bonchev–Trinajstić information content (AvgIpc) is 3.12. The lowest BCUT2D eigenvalue weighted by Crippen LogP contribution is -2.12. The number of amides is 1. The van der Waals surface area contributed by atoms with E-state index in [1.165, 1.54) is 5.56 Å². The minimum atomic E-state index is -0.165. The maximum atomic E-state index is 11.9. The van der Waals surface area contributed by atoms with Crippen LogP contribution >= 0.6 is 0 Å². The van der Waals surface area contributed by atoms with Gasteiger partial charge in [0.2, 0.25) is 0 Å². The van der Waals surface area contributed by atoms with E-state index in [9.17, 15) is 4.79 Å². The van der Waals surface area contributed by atoms with E-state index in [-0.39, 0.29) is 5.91 Å². The number of hydrogen-bond acceptors (Lipinski definition) is 3. The molecule has 0 aliphatic rings. The fourth-order valence-corrected chi connectivity index (χ4v) is 2.14.